The highest BCUT2D eigenvalue weighted by atomic mass is 16.5. The molecule has 1 heterocycles. The lowest BCUT2D eigenvalue weighted by molar-refractivity contribution is -0.122. The molecule has 3 aromatic rings. The van der Waals surface area contributed by atoms with Gasteiger partial charge in [0.2, 0.25) is 0 Å². The number of carbonyl (C=O) groups is 4. The van der Waals surface area contributed by atoms with Crippen LogP contribution in [0.15, 0.2) is 78.4 Å². The molecule has 0 atom stereocenters. The molecule has 2 N–H and O–H groups in total. The fourth-order valence-corrected chi connectivity index (χ4v) is 3.54. The van der Waals surface area contributed by atoms with Crippen LogP contribution in [0.1, 0.15) is 16.7 Å². The molecule has 1 aliphatic heterocycles. The van der Waals surface area contributed by atoms with E-state index in [-0.39, 0.29) is 18.1 Å². The van der Waals surface area contributed by atoms with Gasteiger partial charge in [-0.1, -0.05) is 42.5 Å². The number of urea groups is 1. The topological polar surface area (TPSA) is 105 Å². The number of nitrogens with one attached hydrogen (secondary N) is 2. The van der Waals surface area contributed by atoms with Gasteiger partial charge in [-0.15, -0.1) is 0 Å². The third-order valence-corrected chi connectivity index (χ3v) is 5.32. The first-order chi connectivity index (χ1) is 16.8. The molecule has 8 heteroatoms. The Balaban J connectivity index is 1.48. The SMILES string of the molecule is Cc1ccc(C)c(NC(=O)COc2cccc(/C=C3/C(=O)NC(=O)N(c4ccccc4)C3=O)c2)c1. The molecule has 0 radical (unpaired) electrons. The smallest absolute Gasteiger partial charge is 0.335 e. The third-order valence-electron chi connectivity index (χ3n) is 5.32. The van der Waals surface area contributed by atoms with Crippen molar-refractivity contribution in [1.82, 2.24) is 5.32 Å². The molecule has 0 unspecified atom stereocenters. The van der Waals surface area contributed by atoms with Gasteiger partial charge in [-0.25, -0.2) is 9.69 Å². The predicted molar refractivity (Wildman–Crippen MR) is 132 cm³/mol. The number of aryl methyl sites for hydroxylation is 2. The van der Waals surface area contributed by atoms with Crippen LogP contribution < -0.4 is 20.3 Å². The summed E-state index contributed by atoms with van der Waals surface area (Å²) in [6.45, 7) is 3.63. The van der Waals surface area contributed by atoms with Crippen molar-refractivity contribution >= 4 is 41.2 Å². The Bertz CT molecular complexity index is 1350. The number of hydrogen-bond donors (Lipinski definition) is 2. The minimum absolute atomic E-state index is 0.196. The maximum atomic E-state index is 13.0. The van der Waals surface area contributed by atoms with E-state index in [0.29, 0.717) is 17.0 Å². The number of hydrogen-bond acceptors (Lipinski definition) is 5. The monoisotopic (exact) mass is 469 g/mol. The van der Waals surface area contributed by atoms with Crippen LogP contribution >= 0.6 is 0 Å². The van der Waals surface area contributed by atoms with E-state index in [1.54, 1.807) is 54.6 Å². The third kappa shape index (κ3) is 5.44. The average Bonchev–Trinajstić information content (AvgIpc) is 2.84. The molecule has 0 spiro atoms. The van der Waals surface area contributed by atoms with Crippen molar-refractivity contribution in [3.63, 3.8) is 0 Å². The summed E-state index contributed by atoms with van der Waals surface area (Å²) in [7, 11) is 0. The van der Waals surface area contributed by atoms with Gasteiger partial charge < -0.3 is 10.1 Å². The number of amides is 5. The lowest BCUT2D eigenvalue weighted by atomic mass is 10.1. The second-order valence-electron chi connectivity index (χ2n) is 8.02. The van der Waals surface area contributed by atoms with Crippen LogP contribution in [0.25, 0.3) is 6.08 Å². The van der Waals surface area contributed by atoms with Gasteiger partial charge in [0, 0.05) is 5.69 Å². The lowest BCUT2D eigenvalue weighted by Gasteiger charge is -2.26. The van der Waals surface area contributed by atoms with Crippen LogP contribution in [0.4, 0.5) is 16.2 Å². The number of ether oxygens (including phenoxy) is 1. The molecule has 1 aliphatic rings. The Morgan fingerprint density at radius 3 is 2.51 bits per heavy atom. The zero-order valence-electron chi connectivity index (χ0n) is 19.2. The summed E-state index contributed by atoms with van der Waals surface area (Å²) in [4.78, 5) is 50.9. The fraction of sp³-hybridized carbons (Fsp3) is 0.111. The summed E-state index contributed by atoms with van der Waals surface area (Å²) in [5, 5.41) is 5.02. The van der Waals surface area contributed by atoms with Crippen molar-refractivity contribution in [2.45, 2.75) is 13.8 Å². The molecule has 0 aromatic heterocycles. The van der Waals surface area contributed by atoms with Gasteiger partial charge in [-0.2, -0.15) is 0 Å². The number of barbiturate groups is 1. The van der Waals surface area contributed by atoms with Crippen molar-refractivity contribution in [3.8, 4) is 5.75 Å². The van der Waals surface area contributed by atoms with Gasteiger partial charge >= 0.3 is 6.03 Å². The van der Waals surface area contributed by atoms with Gasteiger partial charge in [-0.05, 0) is 66.9 Å². The van der Waals surface area contributed by atoms with Gasteiger partial charge in [0.15, 0.2) is 6.61 Å². The van der Waals surface area contributed by atoms with E-state index >= 15 is 0 Å². The van der Waals surface area contributed by atoms with E-state index in [2.05, 4.69) is 10.6 Å². The zero-order valence-corrected chi connectivity index (χ0v) is 19.2. The van der Waals surface area contributed by atoms with E-state index in [1.165, 1.54) is 6.08 Å². The maximum Gasteiger partial charge on any atom is 0.335 e. The van der Waals surface area contributed by atoms with E-state index in [1.807, 2.05) is 32.0 Å². The highest BCUT2D eigenvalue weighted by Crippen LogP contribution is 2.23. The summed E-state index contributed by atoms with van der Waals surface area (Å²) in [6.07, 6.45) is 1.38. The second-order valence-corrected chi connectivity index (χ2v) is 8.02. The molecule has 0 saturated carbocycles. The number of para-hydroxylation sites is 1. The molecule has 8 nitrogen and oxygen atoms in total. The first-order valence-electron chi connectivity index (χ1n) is 10.9. The molecular weight excluding hydrogens is 446 g/mol. The molecule has 4 rings (SSSR count). The van der Waals surface area contributed by atoms with Crippen molar-refractivity contribution in [2.24, 2.45) is 0 Å². The van der Waals surface area contributed by atoms with Crippen molar-refractivity contribution < 1.29 is 23.9 Å². The van der Waals surface area contributed by atoms with Crippen LogP contribution in [0, 0.1) is 13.8 Å². The summed E-state index contributed by atoms with van der Waals surface area (Å²) in [5.41, 5.74) is 3.34. The number of benzene rings is 3. The van der Waals surface area contributed by atoms with Crippen LogP contribution in [0.3, 0.4) is 0 Å². The Morgan fingerprint density at radius 1 is 0.971 bits per heavy atom. The maximum absolute atomic E-state index is 13.0. The normalized spacial score (nSPS) is 14.6. The minimum Gasteiger partial charge on any atom is -0.484 e. The zero-order chi connectivity index (χ0) is 24.9. The van der Waals surface area contributed by atoms with Crippen molar-refractivity contribution in [1.29, 1.82) is 0 Å². The van der Waals surface area contributed by atoms with E-state index < -0.39 is 17.8 Å². The largest absolute Gasteiger partial charge is 0.484 e. The first-order valence-corrected chi connectivity index (χ1v) is 10.9. The lowest BCUT2D eigenvalue weighted by Crippen LogP contribution is -2.54. The molecule has 1 fully saturated rings. The number of imide groups is 2. The van der Waals surface area contributed by atoms with E-state index in [9.17, 15) is 19.2 Å². The second kappa shape index (κ2) is 10.0. The number of nitrogens with zero attached hydrogens (tertiary/aromatic N) is 1. The number of anilines is 2. The van der Waals surface area contributed by atoms with Crippen LogP contribution in [0.5, 0.6) is 5.75 Å². The molecule has 0 aliphatic carbocycles. The Morgan fingerprint density at radius 2 is 1.74 bits per heavy atom. The van der Waals surface area contributed by atoms with Crippen LogP contribution in [0.2, 0.25) is 0 Å². The Kier molecular flexibility index (Phi) is 6.73. The molecule has 176 valence electrons. The summed E-state index contributed by atoms with van der Waals surface area (Å²) in [6, 6.07) is 19.9. The summed E-state index contributed by atoms with van der Waals surface area (Å²) < 4.78 is 5.61. The molecule has 5 amide bonds. The molecule has 35 heavy (non-hydrogen) atoms. The highest BCUT2D eigenvalue weighted by Gasteiger charge is 2.36. The van der Waals surface area contributed by atoms with Crippen LogP contribution in [-0.2, 0) is 14.4 Å². The van der Waals surface area contributed by atoms with Crippen molar-refractivity contribution in [3.05, 3.63) is 95.1 Å². The van der Waals surface area contributed by atoms with Gasteiger partial charge in [-0.3, -0.25) is 19.7 Å². The van der Waals surface area contributed by atoms with E-state index in [0.717, 1.165) is 21.7 Å². The number of carbonyl (C=O) groups excluding carboxylic acids is 4. The molecule has 3 aromatic carbocycles. The number of rotatable bonds is 6. The molecule has 0 bridgehead atoms. The Hall–Kier alpha value is -4.72. The average molecular weight is 469 g/mol. The summed E-state index contributed by atoms with van der Waals surface area (Å²) in [5.74, 6) is -1.45. The molecular formula is C27H23N3O5. The molecule has 1 saturated heterocycles. The first kappa shape index (κ1) is 23.4. The predicted octanol–water partition coefficient (Wildman–Crippen LogP) is 3.99. The van der Waals surface area contributed by atoms with Crippen LogP contribution in [-0.4, -0.2) is 30.4 Å². The Labute approximate surface area is 202 Å². The van der Waals surface area contributed by atoms with Gasteiger partial charge in [0.25, 0.3) is 17.7 Å². The van der Waals surface area contributed by atoms with Gasteiger partial charge in [0.05, 0.1) is 5.69 Å². The quantitative estimate of drug-likeness (QED) is 0.420. The standard InChI is InChI=1S/C27H23N3O5/c1-17-11-12-18(2)23(13-17)28-24(31)16-35-21-10-6-7-19(14-21)15-22-25(32)29-27(34)30(26(22)33)20-8-4-3-5-9-20/h3-15H,16H2,1-2H3,(H,28,31)(H,29,32,34)/b22-15-. The highest BCUT2D eigenvalue weighted by molar-refractivity contribution is 6.39. The van der Waals surface area contributed by atoms with E-state index in [4.69, 9.17) is 4.74 Å². The fourth-order valence-electron chi connectivity index (χ4n) is 3.54. The van der Waals surface area contributed by atoms with Gasteiger partial charge in [0.1, 0.15) is 11.3 Å². The van der Waals surface area contributed by atoms with Crippen molar-refractivity contribution in [2.75, 3.05) is 16.8 Å². The summed E-state index contributed by atoms with van der Waals surface area (Å²) >= 11 is 0. The minimum atomic E-state index is -0.810.